The number of benzene rings is 2. The molecule has 0 aliphatic rings. The highest BCUT2D eigenvalue weighted by molar-refractivity contribution is 7.10. The number of methoxy groups -OCH3 is 1. The second-order valence-corrected chi connectivity index (χ2v) is 9.85. The summed E-state index contributed by atoms with van der Waals surface area (Å²) in [5, 5.41) is 4.47. The molecular formula is C28H40N6O2S. The van der Waals surface area contributed by atoms with Crippen LogP contribution in [0.1, 0.15) is 65.5 Å². The number of nitrogens with two attached hydrogens (primary N) is 2. The molecule has 0 unspecified atom stereocenters. The Balaban J connectivity index is 0.00000235. The maximum Gasteiger partial charge on any atom is 0.255 e. The van der Waals surface area contributed by atoms with Crippen molar-refractivity contribution in [2.75, 3.05) is 31.5 Å². The van der Waals surface area contributed by atoms with Crippen molar-refractivity contribution in [2.24, 2.45) is 11.6 Å². The molecule has 0 bridgehead atoms. The SMILES string of the molecule is CC.COc1c(CN(C)C)cc(C(C)C)cc1NC(=O)c1ccc(C)c(N(N)/C=C(\N)c2cncs2)c1. The van der Waals surface area contributed by atoms with Crippen LogP contribution < -0.4 is 26.6 Å². The van der Waals surface area contributed by atoms with Crippen molar-refractivity contribution in [1.29, 1.82) is 0 Å². The van der Waals surface area contributed by atoms with Gasteiger partial charge in [0.15, 0.2) is 0 Å². The lowest BCUT2D eigenvalue weighted by Gasteiger charge is -2.21. The number of ether oxygens (including phenoxy) is 1. The van der Waals surface area contributed by atoms with Gasteiger partial charge >= 0.3 is 0 Å². The van der Waals surface area contributed by atoms with Crippen molar-refractivity contribution in [3.8, 4) is 5.75 Å². The molecule has 1 amide bonds. The van der Waals surface area contributed by atoms with Crippen LogP contribution in [-0.4, -0.2) is 37.0 Å². The average Bonchev–Trinajstić information content (AvgIpc) is 3.40. The number of hydrogen-bond acceptors (Lipinski definition) is 8. The lowest BCUT2D eigenvalue weighted by Crippen LogP contribution is -2.27. The molecular weight excluding hydrogens is 484 g/mol. The number of rotatable bonds is 9. The fourth-order valence-electron chi connectivity index (χ4n) is 3.70. The van der Waals surface area contributed by atoms with E-state index in [2.05, 4.69) is 35.1 Å². The molecule has 0 saturated heterocycles. The fourth-order valence-corrected chi connectivity index (χ4v) is 4.25. The van der Waals surface area contributed by atoms with Crippen molar-refractivity contribution in [1.82, 2.24) is 9.88 Å². The fraction of sp³-hybridized carbons (Fsp3) is 0.357. The van der Waals surface area contributed by atoms with Gasteiger partial charge in [0.25, 0.3) is 5.91 Å². The van der Waals surface area contributed by atoms with Gasteiger partial charge in [-0.15, -0.1) is 11.3 Å². The molecule has 3 aromatic rings. The van der Waals surface area contributed by atoms with Gasteiger partial charge in [-0.05, 0) is 56.3 Å². The Hall–Kier alpha value is -3.40. The molecule has 0 radical (unpaired) electrons. The zero-order valence-corrected chi connectivity index (χ0v) is 23.9. The van der Waals surface area contributed by atoms with Gasteiger partial charge in [0.2, 0.25) is 0 Å². The Morgan fingerprint density at radius 3 is 2.49 bits per heavy atom. The Morgan fingerprint density at radius 1 is 1.22 bits per heavy atom. The van der Waals surface area contributed by atoms with Crippen molar-refractivity contribution in [3.63, 3.8) is 0 Å². The third-order valence-electron chi connectivity index (χ3n) is 5.54. The van der Waals surface area contributed by atoms with Gasteiger partial charge in [-0.25, -0.2) is 5.84 Å². The summed E-state index contributed by atoms with van der Waals surface area (Å²) in [6.45, 7) is 10.9. The molecule has 8 nitrogen and oxygen atoms in total. The van der Waals surface area contributed by atoms with Gasteiger partial charge in [0.05, 0.1) is 34.6 Å². The number of carbonyl (C=O) groups is 1. The molecule has 1 aromatic heterocycles. The van der Waals surface area contributed by atoms with E-state index in [0.29, 0.717) is 40.8 Å². The average molecular weight is 525 g/mol. The minimum Gasteiger partial charge on any atom is -0.494 e. The molecule has 37 heavy (non-hydrogen) atoms. The maximum absolute atomic E-state index is 13.3. The van der Waals surface area contributed by atoms with E-state index in [1.807, 2.05) is 47.0 Å². The van der Waals surface area contributed by atoms with Crippen LogP contribution in [0.5, 0.6) is 5.75 Å². The first kappa shape index (κ1) is 29.8. The predicted octanol–water partition coefficient (Wildman–Crippen LogP) is 5.56. The second kappa shape index (κ2) is 13.8. The Labute approximate surface area is 224 Å². The molecule has 0 fully saturated rings. The first-order valence-corrected chi connectivity index (χ1v) is 13.2. The molecule has 0 saturated carbocycles. The summed E-state index contributed by atoms with van der Waals surface area (Å²) in [6, 6.07) is 9.50. The summed E-state index contributed by atoms with van der Waals surface area (Å²) < 4.78 is 5.71. The number of hydrogen-bond donors (Lipinski definition) is 3. The summed E-state index contributed by atoms with van der Waals surface area (Å²) in [6.07, 6.45) is 3.31. The van der Waals surface area contributed by atoms with Crippen LogP contribution in [0, 0.1) is 6.92 Å². The Bertz CT molecular complexity index is 1210. The largest absolute Gasteiger partial charge is 0.494 e. The number of thiazole rings is 1. The number of aryl methyl sites for hydroxylation is 1. The van der Waals surface area contributed by atoms with Crippen LogP contribution >= 0.6 is 11.3 Å². The quantitative estimate of drug-likeness (QED) is 0.248. The van der Waals surface area contributed by atoms with Gasteiger partial charge in [0, 0.05) is 30.1 Å². The lowest BCUT2D eigenvalue weighted by atomic mass is 9.98. The summed E-state index contributed by atoms with van der Waals surface area (Å²) >= 11 is 1.43. The monoisotopic (exact) mass is 524 g/mol. The number of nitrogens with one attached hydrogen (secondary N) is 1. The number of amides is 1. The van der Waals surface area contributed by atoms with E-state index in [0.717, 1.165) is 21.6 Å². The normalized spacial score (nSPS) is 11.3. The van der Waals surface area contributed by atoms with Gasteiger partial charge in [-0.2, -0.15) is 0 Å². The molecule has 0 aliphatic carbocycles. The zero-order chi connectivity index (χ0) is 27.7. The van der Waals surface area contributed by atoms with Crippen LogP contribution in [0.4, 0.5) is 11.4 Å². The summed E-state index contributed by atoms with van der Waals surface area (Å²) in [5.74, 6) is 6.99. The van der Waals surface area contributed by atoms with Crippen molar-refractivity contribution >= 4 is 34.3 Å². The van der Waals surface area contributed by atoms with Crippen LogP contribution in [-0.2, 0) is 6.54 Å². The molecule has 0 spiro atoms. The predicted molar refractivity (Wildman–Crippen MR) is 156 cm³/mol. The van der Waals surface area contributed by atoms with E-state index in [1.54, 1.807) is 37.1 Å². The molecule has 5 N–H and O–H groups in total. The van der Waals surface area contributed by atoms with E-state index >= 15 is 0 Å². The Kier molecular flexibility index (Phi) is 11.1. The topological polar surface area (TPSA) is 110 Å². The number of nitrogens with zero attached hydrogens (tertiary/aromatic N) is 3. The number of aromatic nitrogens is 1. The molecule has 1 heterocycles. The molecule has 3 rings (SSSR count). The highest BCUT2D eigenvalue weighted by Gasteiger charge is 2.18. The minimum absolute atomic E-state index is 0.255. The van der Waals surface area contributed by atoms with Gasteiger partial charge in [-0.3, -0.25) is 14.8 Å². The molecule has 2 aromatic carbocycles. The summed E-state index contributed by atoms with van der Waals surface area (Å²) in [7, 11) is 5.62. The maximum atomic E-state index is 13.3. The molecule has 200 valence electrons. The van der Waals surface area contributed by atoms with E-state index in [4.69, 9.17) is 16.3 Å². The van der Waals surface area contributed by atoms with Crippen LogP contribution in [0.15, 0.2) is 48.2 Å². The first-order chi connectivity index (χ1) is 17.6. The third-order valence-corrected chi connectivity index (χ3v) is 6.36. The number of hydrazine groups is 1. The van der Waals surface area contributed by atoms with E-state index in [-0.39, 0.29) is 5.91 Å². The van der Waals surface area contributed by atoms with Crippen LogP contribution in [0.3, 0.4) is 0 Å². The van der Waals surface area contributed by atoms with Gasteiger partial charge in [-0.1, -0.05) is 39.8 Å². The highest BCUT2D eigenvalue weighted by Crippen LogP contribution is 2.34. The first-order valence-electron chi connectivity index (χ1n) is 12.3. The molecule has 0 atom stereocenters. The number of carbonyl (C=O) groups excluding carboxylic acids is 1. The van der Waals surface area contributed by atoms with Gasteiger partial charge in [0.1, 0.15) is 5.75 Å². The lowest BCUT2D eigenvalue weighted by molar-refractivity contribution is 0.102. The summed E-state index contributed by atoms with van der Waals surface area (Å²) in [5.41, 5.74) is 13.2. The summed E-state index contributed by atoms with van der Waals surface area (Å²) in [4.78, 5) is 20.2. The zero-order valence-electron chi connectivity index (χ0n) is 23.1. The van der Waals surface area contributed by atoms with E-state index < -0.39 is 0 Å². The van der Waals surface area contributed by atoms with E-state index in [1.165, 1.54) is 16.3 Å². The smallest absolute Gasteiger partial charge is 0.255 e. The third kappa shape index (κ3) is 7.79. The van der Waals surface area contributed by atoms with Crippen LogP contribution in [0.25, 0.3) is 5.70 Å². The molecule has 9 heteroatoms. The standard InChI is InChI=1S/C26H34N6O2S.C2H6/c1-16(2)19-9-20(13-31(4)5)25(34-6)22(10-19)30-26(33)18-8-7-17(3)23(11-18)32(28)14-21(27)24-12-29-15-35-24;1-2/h7-12,14-16H,13,27-28H2,1-6H3,(H,30,33);1-2H3/b21-14-;. The van der Waals surface area contributed by atoms with Gasteiger partial charge < -0.3 is 20.7 Å². The molecule has 0 aliphatic heterocycles. The second-order valence-electron chi connectivity index (χ2n) is 8.97. The number of anilines is 2. The Morgan fingerprint density at radius 2 is 1.92 bits per heavy atom. The van der Waals surface area contributed by atoms with Crippen molar-refractivity contribution < 1.29 is 9.53 Å². The van der Waals surface area contributed by atoms with Crippen LogP contribution in [0.2, 0.25) is 0 Å². The van der Waals surface area contributed by atoms with E-state index in [9.17, 15) is 4.79 Å². The van der Waals surface area contributed by atoms with Crippen molar-refractivity contribution in [2.45, 2.75) is 47.1 Å². The minimum atomic E-state index is -0.255. The highest BCUT2D eigenvalue weighted by atomic mass is 32.1. The van der Waals surface area contributed by atoms with Crippen molar-refractivity contribution in [3.05, 3.63) is 75.4 Å².